The molecular formula is C9H17N3. The van der Waals surface area contributed by atoms with Crippen molar-refractivity contribution in [1.29, 1.82) is 10.8 Å². The van der Waals surface area contributed by atoms with E-state index in [-0.39, 0.29) is 0 Å². The highest BCUT2D eigenvalue weighted by atomic mass is 14.9. The van der Waals surface area contributed by atoms with E-state index in [1.165, 1.54) is 0 Å². The van der Waals surface area contributed by atoms with Gasteiger partial charge in [-0.3, -0.25) is 0 Å². The van der Waals surface area contributed by atoms with Crippen molar-refractivity contribution in [2.45, 2.75) is 26.2 Å². The predicted molar refractivity (Wildman–Crippen MR) is 51.3 cm³/mol. The molecule has 12 heavy (non-hydrogen) atoms. The van der Waals surface area contributed by atoms with Crippen LogP contribution in [0.5, 0.6) is 0 Å². The minimum atomic E-state index is 0.437. The summed E-state index contributed by atoms with van der Waals surface area (Å²) in [7, 11) is 0. The Morgan fingerprint density at radius 1 is 1.33 bits per heavy atom. The van der Waals surface area contributed by atoms with Crippen molar-refractivity contribution in [3.63, 3.8) is 0 Å². The average molecular weight is 167 g/mol. The minimum absolute atomic E-state index is 0.437. The first kappa shape index (κ1) is 9.39. The smallest absolute Gasteiger partial charge is 0.0229 e. The molecule has 1 fully saturated rings. The molecule has 1 rings (SSSR count). The molecule has 0 amide bonds. The van der Waals surface area contributed by atoms with Crippen LogP contribution in [-0.2, 0) is 0 Å². The number of nitrogens with one attached hydrogen (secondary N) is 3. The number of piperidine rings is 1. The Balaban J connectivity index is 2.34. The van der Waals surface area contributed by atoms with Crippen LogP contribution in [0, 0.1) is 16.7 Å². The summed E-state index contributed by atoms with van der Waals surface area (Å²) < 4.78 is 0. The van der Waals surface area contributed by atoms with E-state index in [1.54, 1.807) is 6.92 Å². The normalized spacial score (nSPS) is 19.1. The van der Waals surface area contributed by atoms with Crippen molar-refractivity contribution >= 4 is 11.4 Å². The van der Waals surface area contributed by atoms with Crippen molar-refractivity contribution in [2.75, 3.05) is 13.1 Å². The minimum Gasteiger partial charge on any atom is -0.317 e. The maximum Gasteiger partial charge on any atom is 0.0229 e. The fourth-order valence-electron chi connectivity index (χ4n) is 1.60. The molecule has 0 aromatic carbocycles. The van der Waals surface area contributed by atoms with Crippen LogP contribution < -0.4 is 5.32 Å². The number of hydrogen-bond acceptors (Lipinski definition) is 3. The standard InChI is InChI=1S/C9H17N3/c1-7(10)6-9(11)8-2-4-12-5-3-8/h8,10-12H,2-6H2,1H3. The van der Waals surface area contributed by atoms with Crippen molar-refractivity contribution in [2.24, 2.45) is 5.92 Å². The Labute approximate surface area is 73.6 Å². The maximum absolute atomic E-state index is 7.74. The fourth-order valence-corrected chi connectivity index (χ4v) is 1.60. The molecule has 3 heteroatoms. The topological polar surface area (TPSA) is 59.7 Å². The Hall–Kier alpha value is -0.700. The lowest BCUT2D eigenvalue weighted by Gasteiger charge is -2.23. The van der Waals surface area contributed by atoms with Crippen LogP contribution in [0.4, 0.5) is 0 Å². The third-order valence-electron chi connectivity index (χ3n) is 2.29. The molecule has 0 aromatic rings. The van der Waals surface area contributed by atoms with Gasteiger partial charge in [-0.1, -0.05) is 0 Å². The highest BCUT2D eigenvalue weighted by Gasteiger charge is 2.17. The molecule has 1 aliphatic heterocycles. The van der Waals surface area contributed by atoms with E-state index in [4.69, 9.17) is 10.8 Å². The van der Waals surface area contributed by atoms with Crippen LogP contribution in [0.25, 0.3) is 0 Å². The summed E-state index contributed by atoms with van der Waals surface area (Å²) >= 11 is 0. The molecule has 0 radical (unpaired) electrons. The fraction of sp³-hybridized carbons (Fsp3) is 0.778. The first-order valence-corrected chi connectivity index (χ1v) is 4.52. The Bertz CT molecular complexity index is 180. The zero-order valence-electron chi connectivity index (χ0n) is 7.61. The van der Waals surface area contributed by atoms with Crippen LogP contribution in [0.15, 0.2) is 0 Å². The highest BCUT2D eigenvalue weighted by molar-refractivity contribution is 6.01. The van der Waals surface area contributed by atoms with Gasteiger partial charge in [0.25, 0.3) is 0 Å². The van der Waals surface area contributed by atoms with Crippen LogP contribution in [-0.4, -0.2) is 24.5 Å². The molecule has 1 saturated heterocycles. The second-order valence-corrected chi connectivity index (χ2v) is 3.51. The van der Waals surface area contributed by atoms with Crippen molar-refractivity contribution in [1.82, 2.24) is 5.32 Å². The Morgan fingerprint density at radius 2 is 1.92 bits per heavy atom. The van der Waals surface area contributed by atoms with Gasteiger partial charge >= 0.3 is 0 Å². The predicted octanol–water partition coefficient (Wildman–Crippen LogP) is 1.44. The second kappa shape index (κ2) is 4.36. The molecule has 0 unspecified atom stereocenters. The lowest BCUT2D eigenvalue weighted by atomic mass is 9.90. The van der Waals surface area contributed by atoms with Crippen LogP contribution in [0.2, 0.25) is 0 Å². The van der Waals surface area contributed by atoms with Gasteiger partial charge in [-0.15, -0.1) is 0 Å². The zero-order chi connectivity index (χ0) is 8.97. The van der Waals surface area contributed by atoms with Gasteiger partial charge in [0.15, 0.2) is 0 Å². The SMILES string of the molecule is CC(=N)CC(=N)C1CCNCC1. The zero-order valence-corrected chi connectivity index (χ0v) is 7.61. The molecule has 1 heterocycles. The third kappa shape index (κ3) is 2.74. The largest absolute Gasteiger partial charge is 0.317 e. The monoisotopic (exact) mass is 167 g/mol. The maximum atomic E-state index is 7.74. The van der Waals surface area contributed by atoms with Gasteiger partial charge in [0.2, 0.25) is 0 Å². The van der Waals surface area contributed by atoms with E-state index < -0.39 is 0 Å². The molecule has 0 atom stereocenters. The molecule has 0 bridgehead atoms. The summed E-state index contributed by atoms with van der Waals surface area (Å²) in [5.41, 5.74) is 1.36. The van der Waals surface area contributed by atoms with E-state index in [1.807, 2.05) is 0 Å². The van der Waals surface area contributed by atoms with Crippen molar-refractivity contribution in [3.8, 4) is 0 Å². The molecule has 0 aromatic heterocycles. The lowest BCUT2D eigenvalue weighted by Crippen LogP contribution is -2.32. The van der Waals surface area contributed by atoms with E-state index >= 15 is 0 Å². The third-order valence-corrected chi connectivity index (χ3v) is 2.29. The molecule has 0 spiro atoms. The molecule has 0 aliphatic carbocycles. The Morgan fingerprint density at radius 3 is 2.42 bits per heavy atom. The summed E-state index contributed by atoms with van der Waals surface area (Å²) in [4.78, 5) is 0. The second-order valence-electron chi connectivity index (χ2n) is 3.51. The highest BCUT2D eigenvalue weighted by Crippen LogP contribution is 2.14. The van der Waals surface area contributed by atoms with Crippen molar-refractivity contribution < 1.29 is 0 Å². The van der Waals surface area contributed by atoms with Gasteiger partial charge in [0.1, 0.15) is 0 Å². The first-order valence-electron chi connectivity index (χ1n) is 4.52. The van der Waals surface area contributed by atoms with Gasteiger partial charge in [-0.25, -0.2) is 0 Å². The summed E-state index contributed by atoms with van der Waals surface area (Å²) in [6.45, 7) is 3.84. The van der Waals surface area contributed by atoms with E-state index in [0.717, 1.165) is 31.6 Å². The first-order chi connectivity index (χ1) is 5.70. The van der Waals surface area contributed by atoms with Crippen LogP contribution in [0.1, 0.15) is 26.2 Å². The average Bonchev–Trinajstić information content (AvgIpc) is 2.05. The van der Waals surface area contributed by atoms with Crippen LogP contribution >= 0.6 is 0 Å². The number of hydrogen-bond donors (Lipinski definition) is 3. The van der Waals surface area contributed by atoms with Gasteiger partial charge in [0.05, 0.1) is 0 Å². The summed E-state index contributed by atoms with van der Waals surface area (Å²) in [5.74, 6) is 0.437. The Kier molecular flexibility index (Phi) is 3.41. The van der Waals surface area contributed by atoms with E-state index in [9.17, 15) is 0 Å². The van der Waals surface area contributed by atoms with Gasteiger partial charge in [-0.05, 0) is 38.8 Å². The van der Waals surface area contributed by atoms with Crippen LogP contribution in [0.3, 0.4) is 0 Å². The van der Waals surface area contributed by atoms with Gasteiger partial charge in [0, 0.05) is 17.8 Å². The molecule has 3 N–H and O–H groups in total. The summed E-state index contributed by atoms with van der Waals surface area (Å²) in [6, 6.07) is 0. The molecule has 3 nitrogen and oxygen atoms in total. The van der Waals surface area contributed by atoms with E-state index in [2.05, 4.69) is 5.32 Å². The lowest BCUT2D eigenvalue weighted by molar-refractivity contribution is 0.453. The van der Waals surface area contributed by atoms with E-state index in [0.29, 0.717) is 18.1 Å². The van der Waals surface area contributed by atoms with Crippen molar-refractivity contribution in [3.05, 3.63) is 0 Å². The molecule has 1 aliphatic rings. The van der Waals surface area contributed by atoms with Gasteiger partial charge in [-0.2, -0.15) is 0 Å². The molecular weight excluding hydrogens is 150 g/mol. The summed E-state index contributed by atoms with van der Waals surface area (Å²) in [6.07, 6.45) is 2.73. The molecule has 0 saturated carbocycles. The number of rotatable bonds is 3. The molecule has 68 valence electrons. The summed E-state index contributed by atoms with van der Waals surface area (Å²) in [5, 5.41) is 18.3. The van der Waals surface area contributed by atoms with Gasteiger partial charge < -0.3 is 16.1 Å². The quantitative estimate of drug-likeness (QED) is 0.547.